The van der Waals surface area contributed by atoms with Gasteiger partial charge in [-0.15, -0.1) is 0 Å². The van der Waals surface area contributed by atoms with Crippen LogP contribution < -0.4 is 10.1 Å². The third-order valence-electron chi connectivity index (χ3n) is 4.70. The molecule has 0 aromatic heterocycles. The van der Waals surface area contributed by atoms with Crippen LogP contribution in [0.3, 0.4) is 0 Å². The third-order valence-corrected chi connectivity index (χ3v) is 4.70. The van der Waals surface area contributed by atoms with Gasteiger partial charge in [0.1, 0.15) is 5.75 Å². The number of nitrogens with one attached hydrogen (secondary N) is 1. The number of ether oxygens (including phenoxy) is 1. The monoisotopic (exact) mass is 338 g/mol. The Hall–Kier alpha value is -2.33. The second-order valence-corrected chi connectivity index (χ2v) is 6.56. The Morgan fingerprint density at radius 3 is 2.40 bits per heavy atom. The molecule has 1 amide bonds. The number of amides is 1. The molecule has 1 aliphatic heterocycles. The van der Waals surface area contributed by atoms with E-state index in [1.807, 2.05) is 42.5 Å². The van der Waals surface area contributed by atoms with E-state index >= 15 is 0 Å². The van der Waals surface area contributed by atoms with E-state index in [0.29, 0.717) is 6.42 Å². The topological polar surface area (TPSA) is 41.6 Å². The summed E-state index contributed by atoms with van der Waals surface area (Å²) in [5.41, 5.74) is 2.16. The van der Waals surface area contributed by atoms with Crippen molar-refractivity contribution in [2.24, 2.45) is 0 Å². The predicted molar refractivity (Wildman–Crippen MR) is 99.7 cm³/mol. The zero-order valence-corrected chi connectivity index (χ0v) is 14.8. The number of likely N-dealkylation sites (tertiary alicyclic amines) is 1. The standard InChI is InChI=1S/C21H26N2O2/c1-25-19-11-9-17(10-12-19)15-21(24)22-20(16-23-13-5-6-14-23)18-7-3-2-4-8-18/h2-4,7-12,20H,5-6,13-16H2,1H3,(H,22,24). The van der Waals surface area contributed by atoms with Gasteiger partial charge in [0.2, 0.25) is 5.91 Å². The van der Waals surface area contributed by atoms with Crippen molar-refractivity contribution in [3.05, 3.63) is 65.7 Å². The zero-order valence-electron chi connectivity index (χ0n) is 14.8. The van der Waals surface area contributed by atoms with Crippen molar-refractivity contribution in [2.75, 3.05) is 26.7 Å². The summed E-state index contributed by atoms with van der Waals surface area (Å²) in [6.07, 6.45) is 2.88. The lowest BCUT2D eigenvalue weighted by atomic mass is 10.1. The Labute approximate surface area is 149 Å². The molecule has 1 unspecified atom stereocenters. The summed E-state index contributed by atoms with van der Waals surface area (Å²) in [5, 5.41) is 3.23. The first-order valence-corrected chi connectivity index (χ1v) is 8.94. The molecule has 4 nitrogen and oxygen atoms in total. The molecule has 25 heavy (non-hydrogen) atoms. The highest BCUT2D eigenvalue weighted by Crippen LogP contribution is 2.18. The van der Waals surface area contributed by atoms with Crippen molar-refractivity contribution >= 4 is 5.91 Å². The van der Waals surface area contributed by atoms with Gasteiger partial charge in [-0.3, -0.25) is 4.79 Å². The van der Waals surface area contributed by atoms with Crippen LogP contribution in [0.2, 0.25) is 0 Å². The third kappa shape index (κ3) is 5.07. The van der Waals surface area contributed by atoms with E-state index in [4.69, 9.17) is 4.74 Å². The first-order chi connectivity index (χ1) is 12.2. The molecule has 0 aliphatic carbocycles. The largest absolute Gasteiger partial charge is 0.497 e. The molecule has 2 aromatic carbocycles. The van der Waals surface area contributed by atoms with Crippen molar-refractivity contribution in [1.29, 1.82) is 0 Å². The molecule has 0 bridgehead atoms. The molecule has 132 valence electrons. The van der Waals surface area contributed by atoms with Gasteiger partial charge < -0.3 is 15.0 Å². The number of nitrogens with zero attached hydrogens (tertiary/aromatic N) is 1. The van der Waals surface area contributed by atoms with Gasteiger partial charge >= 0.3 is 0 Å². The summed E-state index contributed by atoms with van der Waals surface area (Å²) in [6.45, 7) is 3.12. The quantitative estimate of drug-likeness (QED) is 0.843. The molecular formula is C21H26N2O2. The maximum atomic E-state index is 12.6. The van der Waals surface area contributed by atoms with Crippen molar-refractivity contribution in [1.82, 2.24) is 10.2 Å². The van der Waals surface area contributed by atoms with Crippen molar-refractivity contribution in [2.45, 2.75) is 25.3 Å². The van der Waals surface area contributed by atoms with Gasteiger partial charge in [-0.05, 0) is 49.2 Å². The summed E-state index contributed by atoms with van der Waals surface area (Å²) in [7, 11) is 1.64. The molecule has 1 heterocycles. The van der Waals surface area contributed by atoms with Crippen LogP contribution in [0, 0.1) is 0 Å². The number of methoxy groups -OCH3 is 1. The molecule has 2 aromatic rings. The maximum Gasteiger partial charge on any atom is 0.224 e. The minimum atomic E-state index is 0.0325. The molecule has 1 N–H and O–H groups in total. The van der Waals surface area contributed by atoms with Gasteiger partial charge in [0.25, 0.3) is 0 Å². The van der Waals surface area contributed by atoms with Crippen molar-refractivity contribution in [3.63, 3.8) is 0 Å². The molecule has 1 aliphatic rings. The van der Waals surface area contributed by atoms with Gasteiger partial charge in [-0.1, -0.05) is 42.5 Å². The average molecular weight is 338 g/mol. The number of carbonyl (C=O) groups is 1. The first-order valence-electron chi connectivity index (χ1n) is 8.94. The summed E-state index contributed by atoms with van der Waals surface area (Å²) >= 11 is 0. The van der Waals surface area contributed by atoms with Crippen LogP contribution in [0.5, 0.6) is 5.75 Å². The Morgan fingerprint density at radius 1 is 1.08 bits per heavy atom. The second-order valence-electron chi connectivity index (χ2n) is 6.56. The molecule has 3 rings (SSSR count). The molecule has 0 saturated carbocycles. The van der Waals surface area contributed by atoms with E-state index in [1.165, 1.54) is 12.8 Å². The Balaban J connectivity index is 1.64. The molecule has 1 saturated heterocycles. The Bertz CT molecular complexity index is 664. The van der Waals surface area contributed by atoms with Crippen molar-refractivity contribution < 1.29 is 9.53 Å². The van der Waals surface area contributed by atoms with E-state index in [0.717, 1.165) is 36.5 Å². The molecular weight excluding hydrogens is 312 g/mol. The summed E-state index contributed by atoms with van der Waals surface area (Å²) < 4.78 is 5.16. The minimum absolute atomic E-state index is 0.0325. The van der Waals surface area contributed by atoms with Gasteiger partial charge in [-0.25, -0.2) is 0 Å². The fourth-order valence-corrected chi connectivity index (χ4v) is 3.32. The van der Waals surface area contributed by atoms with Crippen LogP contribution in [0.1, 0.15) is 30.0 Å². The average Bonchev–Trinajstić information content (AvgIpc) is 3.16. The van der Waals surface area contributed by atoms with Gasteiger partial charge in [0, 0.05) is 6.54 Å². The van der Waals surface area contributed by atoms with Gasteiger partial charge in [0.15, 0.2) is 0 Å². The highest BCUT2D eigenvalue weighted by Gasteiger charge is 2.20. The number of hydrogen-bond donors (Lipinski definition) is 1. The van der Waals surface area contributed by atoms with E-state index in [1.54, 1.807) is 7.11 Å². The van der Waals surface area contributed by atoms with Crippen LogP contribution in [0.25, 0.3) is 0 Å². The Kier molecular flexibility index (Phi) is 6.07. The molecule has 0 radical (unpaired) electrons. The number of rotatable bonds is 7. The fraction of sp³-hybridized carbons (Fsp3) is 0.381. The second kappa shape index (κ2) is 8.67. The van der Waals surface area contributed by atoms with Crippen LogP contribution in [-0.2, 0) is 11.2 Å². The van der Waals surface area contributed by atoms with E-state index in [-0.39, 0.29) is 11.9 Å². The van der Waals surface area contributed by atoms with Crippen LogP contribution in [0.15, 0.2) is 54.6 Å². The highest BCUT2D eigenvalue weighted by molar-refractivity contribution is 5.79. The first kappa shape index (κ1) is 17.5. The lowest BCUT2D eigenvalue weighted by Crippen LogP contribution is -2.37. The summed E-state index contributed by atoms with van der Waals surface area (Å²) in [5.74, 6) is 0.860. The summed E-state index contributed by atoms with van der Waals surface area (Å²) in [4.78, 5) is 15.0. The molecule has 4 heteroatoms. The highest BCUT2D eigenvalue weighted by atomic mass is 16.5. The van der Waals surface area contributed by atoms with Gasteiger partial charge in [-0.2, -0.15) is 0 Å². The predicted octanol–water partition coefficient (Wildman–Crippen LogP) is 3.19. The van der Waals surface area contributed by atoms with Gasteiger partial charge in [0.05, 0.1) is 19.6 Å². The van der Waals surface area contributed by atoms with Crippen LogP contribution in [-0.4, -0.2) is 37.6 Å². The van der Waals surface area contributed by atoms with E-state index in [9.17, 15) is 4.79 Å². The SMILES string of the molecule is COc1ccc(CC(=O)NC(CN2CCCC2)c2ccccc2)cc1. The number of benzene rings is 2. The lowest BCUT2D eigenvalue weighted by molar-refractivity contribution is -0.121. The Morgan fingerprint density at radius 2 is 1.76 bits per heavy atom. The lowest BCUT2D eigenvalue weighted by Gasteiger charge is -2.25. The number of carbonyl (C=O) groups excluding carboxylic acids is 1. The van der Waals surface area contributed by atoms with Crippen LogP contribution >= 0.6 is 0 Å². The minimum Gasteiger partial charge on any atom is -0.497 e. The molecule has 1 atom stereocenters. The van der Waals surface area contributed by atoms with E-state index in [2.05, 4.69) is 22.3 Å². The van der Waals surface area contributed by atoms with Crippen molar-refractivity contribution in [3.8, 4) is 5.75 Å². The van der Waals surface area contributed by atoms with Crippen LogP contribution in [0.4, 0.5) is 0 Å². The zero-order chi connectivity index (χ0) is 17.5. The molecule has 1 fully saturated rings. The molecule has 0 spiro atoms. The normalized spacial score (nSPS) is 15.7. The fourth-order valence-electron chi connectivity index (χ4n) is 3.32. The van der Waals surface area contributed by atoms with E-state index < -0.39 is 0 Å². The summed E-state index contributed by atoms with van der Waals surface area (Å²) in [6, 6.07) is 17.9. The maximum absolute atomic E-state index is 12.6. The smallest absolute Gasteiger partial charge is 0.224 e. The number of hydrogen-bond acceptors (Lipinski definition) is 3.